The molecule has 1 aliphatic rings. The number of nitrogens with zero attached hydrogens (tertiary/aromatic N) is 4. The maximum atomic E-state index is 12.4. The number of thiazole rings is 1. The first kappa shape index (κ1) is 19.4. The van der Waals surface area contributed by atoms with Crippen molar-refractivity contribution < 1.29 is 14.3 Å². The van der Waals surface area contributed by atoms with Crippen LogP contribution in [0.15, 0.2) is 29.3 Å². The summed E-state index contributed by atoms with van der Waals surface area (Å²) in [6.07, 6.45) is 0. The number of likely N-dealkylation sites (N-methyl/N-ethyl adjacent to an activating group) is 1. The fourth-order valence-electron chi connectivity index (χ4n) is 3.00. The molecule has 1 aromatic heterocycles. The summed E-state index contributed by atoms with van der Waals surface area (Å²) >= 11 is 1.37. The molecule has 0 unspecified atom stereocenters. The van der Waals surface area contributed by atoms with E-state index in [2.05, 4.69) is 21.6 Å². The van der Waals surface area contributed by atoms with E-state index in [0.29, 0.717) is 11.5 Å². The quantitative estimate of drug-likeness (QED) is 0.733. The molecule has 1 aliphatic heterocycles. The first-order valence-electron chi connectivity index (χ1n) is 9.05. The highest BCUT2D eigenvalue weighted by atomic mass is 32.1. The van der Waals surface area contributed by atoms with Gasteiger partial charge in [0.2, 0.25) is 4.80 Å². The fourth-order valence-corrected chi connectivity index (χ4v) is 4.05. The minimum atomic E-state index is -0.293. The Morgan fingerprint density at radius 3 is 2.44 bits per heavy atom. The SMILES string of the molecule is CCOC(=O)c1sc(=Nc2ccc(OC)cc2)n(N2CCN(C)CC2)c1C. The zero-order valence-corrected chi connectivity index (χ0v) is 17.1. The molecule has 0 radical (unpaired) electrons. The van der Waals surface area contributed by atoms with Gasteiger partial charge in [0.15, 0.2) is 0 Å². The third-order valence-electron chi connectivity index (χ3n) is 4.54. The minimum Gasteiger partial charge on any atom is -0.497 e. The van der Waals surface area contributed by atoms with E-state index in [1.54, 1.807) is 7.11 Å². The molecule has 27 heavy (non-hydrogen) atoms. The van der Waals surface area contributed by atoms with Crippen LogP contribution in [-0.4, -0.2) is 62.5 Å². The van der Waals surface area contributed by atoms with Crippen LogP contribution in [0.4, 0.5) is 5.69 Å². The maximum Gasteiger partial charge on any atom is 0.350 e. The molecule has 0 bridgehead atoms. The lowest BCUT2D eigenvalue weighted by Gasteiger charge is -2.35. The number of esters is 1. The number of methoxy groups -OCH3 is 1. The predicted octanol–water partition coefficient (Wildman–Crippen LogP) is 2.16. The molecular formula is C19H26N4O3S. The number of carbonyl (C=O) groups is 1. The zero-order chi connectivity index (χ0) is 19.4. The van der Waals surface area contributed by atoms with Gasteiger partial charge in [-0.3, -0.25) is 0 Å². The normalized spacial score (nSPS) is 15.9. The summed E-state index contributed by atoms with van der Waals surface area (Å²) in [6, 6.07) is 7.58. The molecule has 8 heteroatoms. The van der Waals surface area contributed by atoms with Crippen molar-refractivity contribution in [3.05, 3.63) is 39.6 Å². The molecule has 1 fully saturated rings. The maximum absolute atomic E-state index is 12.4. The molecule has 0 saturated carbocycles. The van der Waals surface area contributed by atoms with Gasteiger partial charge in [-0.2, -0.15) is 0 Å². The Balaban J connectivity index is 2.05. The van der Waals surface area contributed by atoms with Gasteiger partial charge in [-0.15, -0.1) is 0 Å². The first-order chi connectivity index (χ1) is 13.0. The topological polar surface area (TPSA) is 59.3 Å². The van der Waals surface area contributed by atoms with Gasteiger partial charge in [-0.25, -0.2) is 14.5 Å². The minimum absolute atomic E-state index is 0.293. The monoisotopic (exact) mass is 390 g/mol. The summed E-state index contributed by atoms with van der Waals surface area (Å²) in [6.45, 7) is 7.83. The Morgan fingerprint density at radius 2 is 1.85 bits per heavy atom. The van der Waals surface area contributed by atoms with Gasteiger partial charge < -0.3 is 19.4 Å². The second-order valence-electron chi connectivity index (χ2n) is 6.40. The van der Waals surface area contributed by atoms with Crippen molar-refractivity contribution in [1.82, 2.24) is 9.58 Å². The van der Waals surface area contributed by atoms with Gasteiger partial charge in [0.05, 0.1) is 25.1 Å². The molecule has 1 saturated heterocycles. The number of piperazine rings is 1. The van der Waals surface area contributed by atoms with Gasteiger partial charge in [0.25, 0.3) is 0 Å². The van der Waals surface area contributed by atoms with Crippen LogP contribution in [-0.2, 0) is 4.74 Å². The molecule has 0 aliphatic carbocycles. The second kappa shape index (κ2) is 8.58. The van der Waals surface area contributed by atoms with Crippen molar-refractivity contribution in [3.8, 4) is 5.75 Å². The molecule has 0 spiro atoms. The van der Waals surface area contributed by atoms with E-state index in [9.17, 15) is 4.79 Å². The molecule has 0 atom stereocenters. The summed E-state index contributed by atoms with van der Waals surface area (Å²) in [4.78, 5) is 20.9. The van der Waals surface area contributed by atoms with E-state index in [1.165, 1.54) is 11.3 Å². The van der Waals surface area contributed by atoms with Crippen LogP contribution in [0.2, 0.25) is 0 Å². The van der Waals surface area contributed by atoms with E-state index < -0.39 is 0 Å². The molecule has 7 nitrogen and oxygen atoms in total. The van der Waals surface area contributed by atoms with Crippen LogP contribution in [0.5, 0.6) is 5.75 Å². The molecule has 0 amide bonds. The lowest BCUT2D eigenvalue weighted by molar-refractivity contribution is 0.0530. The van der Waals surface area contributed by atoms with Gasteiger partial charge in [0.1, 0.15) is 10.6 Å². The largest absolute Gasteiger partial charge is 0.497 e. The van der Waals surface area contributed by atoms with E-state index in [4.69, 9.17) is 14.5 Å². The second-order valence-corrected chi connectivity index (χ2v) is 7.38. The van der Waals surface area contributed by atoms with Gasteiger partial charge in [-0.1, -0.05) is 11.3 Å². The number of rotatable bonds is 5. The number of carbonyl (C=O) groups excluding carboxylic acids is 1. The van der Waals surface area contributed by atoms with E-state index in [-0.39, 0.29) is 5.97 Å². The van der Waals surface area contributed by atoms with Crippen molar-refractivity contribution in [2.24, 2.45) is 4.99 Å². The zero-order valence-electron chi connectivity index (χ0n) is 16.3. The first-order valence-corrected chi connectivity index (χ1v) is 9.87. The fraction of sp³-hybridized carbons (Fsp3) is 0.474. The summed E-state index contributed by atoms with van der Waals surface area (Å²) < 4.78 is 12.5. The van der Waals surface area contributed by atoms with Crippen LogP contribution < -0.4 is 14.5 Å². The number of ether oxygens (including phenoxy) is 2. The molecule has 2 aromatic rings. The molecule has 2 heterocycles. The van der Waals surface area contributed by atoms with Crippen LogP contribution in [0, 0.1) is 6.92 Å². The molecule has 1 aromatic carbocycles. The molecule has 3 rings (SSSR count). The van der Waals surface area contributed by atoms with Crippen LogP contribution >= 0.6 is 11.3 Å². The number of aromatic nitrogens is 1. The predicted molar refractivity (Wildman–Crippen MR) is 107 cm³/mol. The van der Waals surface area contributed by atoms with Gasteiger partial charge in [0, 0.05) is 26.2 Å². The van der Waals surface area contributed by atoms with Gasteiger partial charge >= 0.3 is 5.97 Å². The Hall–Kier alpha value is -2.32. The van der Waals surface area contributed by atoms with Crippen molar-refractivity contribution in [2.75, 3.05) is 52.0 Å². The van der Waals surface area contributed by atoms with Crippen molar-refractivity contribution in [3.63, 3.8) is 0 Å². The highest BCUT2D eigenvalue weighted by Gasteiger charge is 2.23. The number of hydrogen-bond donors (Lipinski definition) is 0. The third kappa shape index (κ3) is 4.33. The molecule has 146 valence electrons. The van der Waals surface area contributed by atoms with E-state index in [0.717, 1.165) is 48.1 Å². The summed E-state index contributed by atoms with van der Waals surface area (Å²) in [7, 11) is 3.76. The lowest BCUT2D eigenvalue weighted by atomic mass is 10.3. The van der Waals surface area contributed by atoms with Crippen LogP contribution in [0.25, 0.3) is 0 Å². The number of benzene rings is 1. The average Bonchev–Trinajstić information content (AvgIpc) is 2.99. The van der Waals surface area contributed by atoms with E-state index in [1.807, 2.05) is 38.1 Å². The van der Waals surface area contributed by atoms with Crippen molar-refractivity contribution in [2.45, 2.75) is 13.8 Å². The van der Waals surface area contributed by atoms with Crippen molar-refractivity contribution in [1.29, 1.82) is 0 Å². The van der Waals surface area contributed by atoms with Gasteiger partial charge in [-0.05, 0) is 45.2 Å². The molecule has 0 N–H and O–H groups in total. The Labute approximate surface area is 163 Å². The van der Waals surface area contributed by atoms with Crippen LogP contribution in [0.3, 0.4) is 0 Å². The Kier molecular flexibility index (Phi) is 6.18. The summed E-state index contributed by atoms with van der Waals surface area (Å²) in [5, 5.41) is 2.25. The highest BCUT2D eigenvalue weighted by Crippen LogP contribution is 2.19. The third-order valence-corrected chi connectivity index (χ3v) is 5.65. The van der Waals surface area contributed by atoms with E-state index >= 15 is 0 Å². The molecular weight excluding hydrogens is 364 g/mol. The lowest BCUT2D eigenvalue weighted by Crippen LogP contribution is -2.52. The smallest absolute Gasteiger partial charge is 0.350 e. The van der Waals surface area contributed by atoms with Crippen molar-refractivity contribution >= 4 is 23.0 Å². The highest BCUT2D eigenvalue weighted by molar-refractivity contribution is 7.11. The standard InChI is InChI=1S/C19H26N4O3S/c1-5-26-18(24)17-14(2)23(22-12-10-21(3)11-13-22)19(27-17)20-15-6-8-16(25-4)9-7-15/h6-9H,5,10-13H2,1-4H3. The Bertz CT molecular complexity index is 849. The summed E-state index contributed by atoms with van der Waals surface area (Å²) in [5.74, 6) is 0.495. The van der Waals surface area contributed by atoms with Crippen LogP contribution in [0.1, 0.15) is 22.3 Å². The summed E-state index contributed by atoms with van der Waals surface area (Å²) in [5.41, 5.74) is 1.69. The Morgan fingerprint density at radius 1 is 1.19 bits per heavy atom. The average molecular weight is 391 g/mol. The number of hydrogen-bond acceptors (Lipinski definition) is 7.